The summed E-state index contributed by atoms with van der Waals surface area (Å²) in [5.74, 6) is 1.55. The highest BCUT2D eigenvalue weighted by Crippen LogP contribution is 2.24. The first kappa shape index (κ1) is 11.3. The second kappa shape index (κ2) is 4.76. The number of likely N-dealkylation sites (tertiary alicyclic amines) is 1. The summed E-state index contributed by atoms with van der Waals surface area (Å²) in [6, 6.07) is 0. The lowest BCUT2D eigenvalue weighted by Crippen LogP contribution is -2.38. The average molecular weight is 246 g/mol. The summed E-state index contributed by atoms with van der Waals surface area (Å²) in [5.41, 5.74) is 0.933. The molecule has 84 valence electrons. The van der Waals surface area contributed by atoms with Crippen LogP contribution in [0.25, 0.3) is 0 Å². The van der Waals surface area contributed by atoms with Gasteiger partial charge in [-0.15, -0.1) is 5.10 Å². The Labute approximate surface area is 99.6 Å². The third-order valence-electron chi connectivity index (χ3n) is 2.83. The van der Waals surface area contributed by atoms with Crippen molar-refractivity contribution in [3.05, 3.63) is 10.0 Å². The molecule has 5 heteroatoms. The van der Waals surface area contributed by atoms with Gasteiger partial charge in [0.15, 0.2) is 0 Å². The van der Waals surface area contributed by atoms with E-state index in [0.717, 1.165) is 41.5 Å². The smallest absolute Gasteiger partial charge is 0.138 e. The third-order valence-corrected chi connectivity index (χ3v) is 3.81. The lowest BCUT2D eigenvalue weighted by Gasteiger charge is -2.34. The van der Waals surface area contributed by atoms with Crippen molar-refractivity contribution in [1.29, 1.82) is 0 Å². The number of hydrogen-bond donors (Lipinski definition) is 0. The number of hydrogen-bond acceptors (Lipinski definition) is 4. The van der Waals surface area contributed by atoms with Crippen LogP contribution in [0, 0.1) is 11.8 Å². The van der Waals surface area contributed by atoms with Crippen LogP contribution in [0.5, 0.6) is 0 Å². The topological polar surface area (TPSA) is 29.0 Å². The molecule has 2 unspecified atom stereocenters. The van der Waals surface area contributed by atoms with Gasteiger partial charge in [0.05, 0.1) is 0 Å². The minimum Gasteiger partial charge on any atom is -0.297 e. The summed E-state index contributed by atoms with van der Waals surface area (Å²) < 4.78 is 4.60. The third kappa shape index (κ3) is 2.89. The summed E-state index contributed by atoms with van der Waals surface area (Å²) in [7, 11) is 0. The number of rotatable bonds is 2. The first-order valence-corrected chi connectivity index (χ1v) is 6.49. The van der Waals surface area contributed by atoms with Crippen LogP contribution < -0.4 is 0 Å². The van der Waals surface area contributed by atoms with E-state index >= 15 is 0 Å². The van der Waals surface area contributed by atoms with Crippen LogP contribution in [0.1, 0.15) is 26.0 Å². The molecule has 0 amide bonds. The summed E-state index contributed by atoms with van der Waals surface area (Å²) in [6.45, 7) is 7.77. The van der Waals surface area contributed by atoms with Gasteiger partial charge in [0, 0.05) is 31.2 Å². The van der Waals surface area contributed by atoms with Gasteiger partial charge in [-0.2, -0.15) is 0 Å². The van der Waals surface area contributed by atoms with Gasteiger partial charge in [-0.3, -0.25) is 4.90 Å². The van der Waals surface area contributed by atoms with E-state index in [1.807, 2.05) is 0 Å². The SMILES string of the molecule is CC1CC(C)CN(Cc2nnsc2Cl)C1. The molecule has 3 nitrogen and oxygen atoms in total. The summed E-state index contributed by atoms with van der Waals surface area (Å²) in [5, 5.41) is 4.05. The Bertz CT molecular complexity index is 318. The van der Waals surface area contributed by atoms with Crippen LogP contribution >= 0.6 is 23.1 Å². The zero-order valence-electron chi connectivity index (χ0n) is 9.11. The van der Waals surface area contributed by atoms with E-state index in [4.69, 9.17) is 11.6 Å². The van der Waals surface area contributed by atoms with Crippen molar-refractivity contribution >= 4 is 23.1 Å². The number of piperidine rings is 1. The highest BCUT2D eigenvalue weighted by atomic mass is 35.5. The fourth-order valence-corrected chi connectivity index (χ4v) is 3.04. The Morgan fingerprint density at radius 3 is 2.60 bits per heavy atom. The molecule has 1 fully saturated rings. The molecule has 2 atom stereocenters. The van der Waals surface area contributed by atoms with Crippen molar-refractivity contribution in [2.24, 2.45) is 11.8 Å². The molecule has 0 N–H and O–H groups in total. The molecule has 2 rings (SSSR count). The molecule has 1 aromatic heterocycles. The minimum atomic E-state index is 0.737. The maximum Gasteiger partial charge on any atom is 0.138 e. The molecule has 15 heavy (non-hydrogen) atoms. The molecule has 1 saturated heterocycles. The second-order valence-corrected chi connectivity index (χ2v) is 5.99. The summed E-state index contributed by atoms with van der Waals surface area (Å²) in [4.78, 5) is 2.43. The zero-order chi connectivity index (χ0) is 10.8. The minimum absolute atomic E-state index is 0.737. The number of aromatic nitrogens is 2. The Morgan fingerprint density at radius 2 is 2.07 bits per heavy atom. The molecular formula is C10H16ClN3S. The Balaban J connectivity index is 1.97. The molecule has 1 aliphatic heterocycles. The van der Waals surface area contributed by atoms with E-state index in [1.54, 1.807) is 0 Å². The first-order chi connectivity index (χ1) is 7.15. The highest BCUT2D eigenvalue weighted by molar-refractivity contribution is 7.10. The van der Waals surface area contributed by atoms with Crippen LogP contribution in [0.15, 0.2) is 0 Å². The fourth-order valence-electron chi connectivity index (χ4n) is 2.42. The van der Waals surface area contributed by atoms with Gasteiger partial charge in [0.1, 0.15) is 10.0 Å². The quantitative estimate of drug-likeness (QED) is 0.802. The standard InChI is InChI=1S/C10H16ClN3S/c1-7-3-8(2)5-14(4-7)6-9-10(11)15-13-12-9/h7-8H,3-6H2,1-2H3. The van der Waals surface area contributed by atoms with Gasteiger partial charge in [-0.1, -0.05) is 29.9 Å². The molecule has 0 saturated carbocycles. The number of nitrogens with zero attached hydrogens (tertiary/aromatic N) is 3. The highest BCUT2D eigenvalue weighted by Gasteiger charge is 2.23. The Kier molecular flexibility index (Phi) is 3.59. The molecule has 0 bridgehead atoms. The maximum atomic E-state index is 6.00. The predicted octanol–water partition coefficient (Wildman–Crippen LogP) is 2.67. The van der Waals surface area contributed by atoms with E-state index in [9.17, 15) is 0 Å². The summed E-state index contributed by atoms with van der Waals surface area (Å²) in [6.07, 6.45) is 1.33. The van der Waals surface area contributed by atoms with Crippen molar-refractivity contribution in [2.75, 3.05) is 13.1 Å². The van der Waals surface area contributed by atoms with E-state index < -0.39 is 0 Å². The zero-order valence-corrected chi connectivity index (χ0v) is 10.7. The fraction of sp³-hybridized carbons (Fsp3) is 0.800. The average Bonchev–Trinajstić information content (AvgIpc) is 2.50. The molecule has 1 aliphatic rings. The lowest BCUT2D eigenvalue weighted by molar-refractivity contribution is 0.133. The van der Waals surface area contributed by atoms with Crippen molar-refractivity contribution in [1.82, 2.24) is 14.5 Å². The molecule has 1 aromatic rings. The number of halogens is 1. The molecular weight excluding hydrogens is 230 g/mol. The van der Waals surface area contributed by atoms with Crippen LogP contribution in [-0.2, 0) is 6.54 Å². The first-order valence-electron chi connectivity index (χ1n) is 5.34. The summed E-state index contributed by atoms with van der Waals surface area (Å²) >= 11 is 7.27. The van der Waals surface area contributed by atoms with Crippen molar-refractivity contribution in [3.8, 4) is 0 Å². The van der Waals surface area contributed by atoms with E-state index in [0.29, 0.717) is 0 Å². The largest absolute Gasteiger partial charge is 0.297 e. The predicted molar refractivity (Wildman–Crippen MR) is 63.1 cm³/mol. The molecule has 0 spiro atoms. The monoisotopic (exact) mass is 245 g/mol. The van der Waals surface area contributed by atoms with E-state index in [-0.39, 0.29) is 0 Å². The van der Waals surface area contributed by atoms with Gasteiger partial charge < -0.3 is 0 Å². The van der Waals surface area contributed by atoms with Crippen LogP contribution in [-0.4, -0.2) is 27.6 Å². The van der Waals surface area contributed by atoms with E-state index in [1.165, 1.54) is 18.0 Å². The molecule has 2 heterocycles. The van der Waals surface area contributed by atoms with Crippen LogP contribution in [0.2, 0.25) is 4.34 Å². The van der Waals surface area contributed by atoms with Gasteiger partial charge >= 0.3 is 0 Å². The van der Waals surface area contributed by atoms with Gasteiger partial charge in [-0.05, 0) is 18.3 Å². The van der Waals surface area contributed by atoms with Crippen LogP contribution in [0.4, 0.5) is 0 Å². The maximum absolute atomic E-state index is 6.00. The lowest BCUT2D eigenvalue weighted by atomic mass is 9.92. The molecule has 0 aliphatic carbocycles. The second-order valence-electron chi connectivity index (χ2n) is 4.63. The van der Waals surface area contributed by atoms with Crippen molar-refractivity contribution in [2.45, 2.75) is 26.8 Å². The van der Waals surface area contributed by atoms with E-state index in [2.05, 4.69) is 28.3 Å². The van der Waals surface area contributed by atoms with Crippen LogP contribution in [0.3, 0.4) is 0 Å². The van der Waals surface area contributed by atoms with Gasteiger partial charge in [-0.25, -0.2) is 0 Å². The normalized spacial score (nSPS) is 28.2. The molecule has 0 aromatic carbocycles. The van der Waals surface area contributed by atoms with Gasteiger partial charge in [0.25, 0.3) is 0 Å². The molecule has 0 radical (unpaired) electrons. The van der Waals surface area contributed by atoms with Crippen molar-refractivity contribution in [3.63, 3.8) is 0 Å². The van der Waals surface area contributed by atoms with Crippen molar-refractivity contribution < 1.29 is 0 Å². The van der Waals surface area contributed by atoms with Gasteiger partial charge in [0.2, 0.25) is 0 Å². The Hall–Kier alpha value is -0.190. The Morgan fingerprint density at radius 1 is 1.40 bits per heavy atom.